The number of aromatic nitrogens is 1. The molecule has 1 amide bonds. The van der Waals surface area contributed by atoms with Gasteiger partial charge >= 0.3 is 0 Å². The van der Waals surface area contributed by atoms with Gasteiger partial charge in [-0.15, -0.1) is 11.6 Å². The molecule has 0 spiro atoms. The SMILES string of the molecule is C[Si](C)(CC(CCCCCl)CC(=O)Nc1cccc2cccnc12)c1ccccc1. The second-order valence-corrected chi connectivity index (χ2v) is 13.8. The summed E-state index contributed by atoms with van der Waals surface area (Å²) in [5.41, 5.74) is 1.63. The first-order chi connectivity index (χ1) is 14.5. The van der Waals surface area contributed by atoms with Gasteiger partial charge in [-0.2, -0.15) is 0 Å². The largest absolute Gasteiger partial charge is 0.324 e. The van der Waals surface area contributed by atoms with Crippen LogP contribution in [0.3, 0.4) is 0 Å². The van der Waals surface area contributed by atoms with Crippen LogP contribution in [0.15, 0.2) is 66.9 Å². The van der Waals surface area contributed by atoms with E-state index >= 15 is 0 Å². The highest BCUT2D eigenvalue weighted by Crippen LogP contribution is 2.27. The van der Waals surface area contributed by atoms with Crippen molar-refractivity contribution in [1.29, 1.82) is 0 Å². The van der Waals surface area contributed by atoms with Crippen LogP contribution in [-0.2, 0) is 4.79 Å². The maximum Gasteiger partial charge on any atom is 0.224 e. The Morgan fingerprint density at radius 1 is 1.03 bits per heavy atom. The summed E-state index contributed by atoms with van der Waals surface area (Å²) < 4.78 is 0. The van der Waals surface area contributed by atoms with Crippen LogP contribution in [0.5, 0.6) is 0 Å². The van der Waals surface area contributed by atoms with E-state index in [1.165, 1.54) is 5.19 Å². The molecule has 1 aromatic heterocycles. The van der Waals surface area contributed by atoms with E-state index in [4.69, 9.17) is 11.6 Å². The molecule has 0 bridgehead atoms. The zero-order chi connectivity index (χ0) is 21.4. The average Bonchev–Trinajstić information content (AvgIpc) is 2.74. The molecule has 3 nitrogen and oxygen atoms in total. The van der Waals surface area contributed by atoms with Crippen molar-refractivity contribution in [1.82, 2.24) is 4.98 Å². The maximum atomic E-state index is 13.0. The number of fused-ring (bicyclic) bond motifs is 1. The molecule has 30 heavy (non-hydrogen) atoms. The summed E-state index contributed by atoms with van der Waals surface area (Å²) in [6, 6.07) is 21.7. The number of nitrogens with one attached hydrogen (secondary N) is 1. The van der Waals surface area contributed by atoms with Gasteiger partial charge in [0.2, 0.25) is 5.91 Å². The molecule has 0 aliphatic heterocycles. The Labute approximate surface area is 185 Å². The van der Waals surface area contributed by atoms with Crippen LogP contribution in [0.1, 0.15) is 25.7 Å². The summed E-state index contributed by atoms with van der Waals surface area (Å²) >= 11 is 5.90. The predicted molar refractivity (Wildman–Crippen MR) is 131 cm³/mol. The number of para-hydroxylation sites is 1. The summed E-state index contributed by atoms with van der Waals surface area (Å²) in [6.45, 7) is 4.81. The molecule has 0 fully saturated rings. The minimum Gasteiger partial charge on any atom is -0.324 e. The highest BCUT2D eigenvalue weighted by Gasteiger charge is 2.28. The lowest BCUT2D eigenvalue weighted by Gasteiger charge is -2.28. The molecular formula is C25H31ClN2OSi. The lowest BCUT2D eigenvalue weighted by Crippen LogP contribution is -2.43. The van der Waals surface area contributed by atoms with Gasteiger partial charge in [-0.3, -0.25) is 9.78 Å². The quantitative estimate of drug-likeness (QED) is 0.232. The van der Waals surface area contributed by atoms with Gasteiger partial charge in [0.15, 0.2) is 0 Å². The van der Waals surface area contributed by atoms with E-state index in [2.05, 4.69) is 53.7 Å². The number of anilines is 1. The van der Waals surface area contributed by atoms with Crippen LogP contribution in [0.4, 0.5) is 5.69 Å². The van der Waals surface area contributed by atoms with Gasteiger partial charge in [0.05, 0.1) is 19.3 Å². The van der Waals surface area contributed by atoms with Crippen LogP contribution in [0.2, 0.25) is 19.1 Å². The smallest absolute Gasteiger partial charge is 0.224 e. The van der Waals surface area contributed by atoms with Gasteiger partial charge in [0.25, 0.3) is 0 Å². The lowest BCUT2D eigenvalue weighted by atomic mass is 10.00. The van der Waals surface area contributed by atoms with Crippen molar-refractivity contribution < 1.29 is 4.79 Å². The number of rotatable bonds is 10. The van der Waals surface area contributed by atoms with Crippen molar-refractivity contribution in [2.24, 2.45) is 5.92 Å². The molecule has 0 saturated carbocycles. The van der Waals surface area contributed by atoms with Gasteiger partial charge < -0.3 is 5.32 Å². The lowest BCUT2D eigenvalue weighted by molar-refractivity contribution is -0.117. The molecule has 3 aromatic rings. The first-order valence-electron chi connectivity index (χ1n) is 10.7. The molecule has 1 unspecified atom stereocenters. The van der Waals surface area contributed by atoms with E-state index in [9.17, 15) is 4.79 Å². The molecule has 0 saturated heterocycles. The molecule has 3 rings (SSSR count). The molecular weight excluding hydrogens is 408 g/mol. The second-order valence-electron chi connectivity index (χ2n) is 8.64. The third-order valence-corrected chi connectivity index (χ3v) is 9.49. The number of carbonyl (C=O) groups is 1. The molecule has 1 N–H and O–H groups in total. The number of halogens is 1. The number of amides is 1. The number of carbonyl (C=O) groups excluding carboxylic acids is 1. The Balaban J connectivity index is 1.71. The van der Waals surface area contributed by atoms with Gasteiger partial charge in [-0.1, -0.05) is 85.7 Å². The number of unbranched alkanes of at least 4 members (excludes halogenated alkanes) is 1. The van der Waals surface area contributed by atoms with E-state index in [1.807, 2.05) is 30.3 Å². The van der Waals surface area contributed by atoms with Gasteiger partial charge in [0, 0.05) is 23.9 Å². The number of benzene rings is 2. The Bertz CT molecular complexity index is 956. The van der Waals surface area contributed by atoms with Crippen LogP contribution < -0.4 is 10.5 Å². The number of alkyl halides is 1. The summed E-state index contributed by atoms with van der Waals surface area (Å²) in [7, 11) is -1.63. The zero-order valence-corrected chi connectivity index (χ0v) is 19.7. The fourth-order valence-corrected chi connectivity index (χ4v) is 7.51. The predicted octanol–water partition coefficient (Wildman–Crippen LogP) is 6.20. The zero-order valence-electron chi connectivity index (χ0n) is 17.9. The van der Waals surface area contributed by atoms with Crippen LogP contribution in [0.25, 0.3) is 10.9 Å². The first-order valence-corrected chi connectivity index (χ1v) is 14.5. The van der Waals surface area contributed by atoms with Crippen molar-refractivity contribution in [3.63, 3.8) is 0 Å². The van der Waals surface area contributed by atoms with E-state index in [-0.39, 0.29) is 5.91 Å². The van der Waals surface area contributed by atoms with Crippen molar-refractivity contribution >= 4 is 47.4 Å². The number of nitrogens with zero attached hydrogens (tertiary/aromatic N) is 1. The normalized spacial score (nSPS) is 12.6. The first kappa shape index (κ1) is 22.5. The molecule has 158 valence electrons. The van der Waals surface area contributed by atoms with Crippen molar-refractivity contribution in [3.8, 4) is 0 Å². The molecule has 2 aromatic carbocycles. The summed E-state index contributed by atoms with van der Waals surface area (Å²) in [6.07, 6.45) is 5.41. The number of hydrogen-bond donors (Lipinski definition) is 1. The maximum absolute atomic E-state index is 13.0. The van der Waals surface area contributed by atoms with Crippen LogP contribution in [0, 0.1) is 5.92 Å². The fraction of sp³-hybridized carbons (Fsp3) is 0.360. The van der Waals surface area contributed by atoms with E-state index in [0.29, 0.717) is 18.2 Å². The monoisotopic (exact) mass is 438 g/mol. The highest BCUT2D eigenvalue weighted by atomic mass is 35.5. The van der Waals surface area contributed by atoms with E-state index in [0.717, 1.165) is 41.9 Å². The minimum atomic E-state index is -1.63. The van der Waals surface area contributed by atoms with Crippen molar-refractivity contribution in [2.45, 2.75) is 44.8 Å². The summed E-state index contributed by atoms with van der Waals surface area (Å²) in [4.78, 5) is 17.4. The molecule has 0 radical (unpaired) electrons. The number of hydrogen-bond acceptors (Lipinski definition) is 2. The van der Waals surface area contributed by atoms with E-state index < -0.39 is 8.07 Å². The highest BCUT2D eigenvalue weighted by molar-refractivity contribution is 6.89. The van der Waals surface area contributed by atoms with E-state index in [1.54, 1.807) is 6.20 Å². The molecule has 1 atom stereocenters. The Hall–Kier alpha value is -2.17. The Morgan fingerprint density at radius 2 is 1.80 bits per heavy atom. The fourth-order valence-electron chi connectivity index (χ4n) is 4.20. The van der Waals surface area contributed by atoms with Gasteiger partial charge in [-0.05, 0) is 24.5 Å². The second kappa shape index (κ2) is 10.7. The third-order valence-electron chi connectivity index (χ3n) is 5.73. The molecule has 0 aliphatic rings. The summed E-state index contributed by atoms with van der Waals surface area (Å²) in [5, 5.41) is 5.60. The molecule has 1 heterocycles. The standard InChI is InChI=1S/C25H31ClN2OSi/c1-30(2,22-13-4-3-5-14-22)19-20(10-6-7-16-26)18-24(29)28-23-15-8-11-21-12-9-17-27-25(21)23/h3-5,8-9,11-15,17,20H,6-7,10,16,18-19H2,1-2H3,(H,28,29). The Kier molecular flexibility index (Phi) is 8.06. The van der Waals surface area contributed by atoms with Gasteiger partial charge in [0.1, 0.15) is 0 Å². The number of pyridine rings is 1. The Morgan fingerprint density at radius 3 is 2.57 bits per heavy atom. The molecule has 0 aliphatic carbocycles. The van der Waals surface area contributed by atoms with Crippen molar-refractivity contribution in [2.75, 3.05) is 11.2 Å². The topological polar surface area (TPSA) is 42.0 Å². The van der Waals surface area contributed by atoms with Crippen LogP contribution >= 0.6 is 11.6 Å². The van der Waals surface area contributed by atoms with Crippen molar-refractivity contribution in [3.05, 3.63) is 66.9 Å². The minimum absolute atomic E-state index is 0.0712. The third kappa shape index (κ3) is 6.16. The summed E-state index contributed by atoms with van der Waals surface area (Å²) in [5.74, 6) is 1.11. The van der Waals surface area contributed by atoms with Gasteiger partial charge in [-0.25, -0.2) is 0 Å². The average molecular weight is 439 g/mol. The molecule has 5 heteroatoms. The van der Waals surface area contributed by atoms with Crippen LogP contribution in [-0.4, -0.2) is 24.8 Å².